The summed E-state index contributed by atoms with van der Waals surface area (Å²) in [6.07, 6.45) is 8.15. The van der Waals surface area contributed by atoms with Gasteiger partial charge >= 0.3 is 0 Å². The number of ether oxygens (including phenoxy) is 2. The second kappa shape index (κ2) is 6.92. The number of rotatable bonds is 7. The van der Waals surface area contributed by atoms with Gasteiger partial charge in [-0.15, -0.1) is 0 Å². The molecular formula is C17H20N2O2S. The number of benzene rings is 1. The highest BCUT2D eigenvalue weighted by Crippen LogP contribution is 2.38. The first kappa shape index (κ1) is 15.0. The summed E-state index contributed by atoms with van der Waals surface area (Å²) in [6, 6.07) is 7.99. The number of nitrogens with one attached hydrogen (secondary N) is 1. The molecule has 0 spiro atoms. The van der Waals surface area contributed by atoms with Crippen LogP contribution in [-0.4, -0.2) is 25.0 Å². The van der Waals surface area contributed by atoms with E-state index in [4.69, 9.17) is 9.47 Å². The van der Waals surface area contributed by atoms with Crippen molar-refractivity contribution in [3.05, 3.63) is 36.7 Å². The summed E-state index contributed by atoms with van der Waals surface area (Å²) in [7, 11) is 1.68. The third kappa shape index (κ3) is 3.47. The quantitative estimate of drug-likeness (QED) is 0.774. The minimum absolute atomic E-state index is 0.719. The van der Waals surface area contributed by atoms with E-state index < -0.39 is 0 Å². The van der Waals surface area contributed by atoms with Gasteiger partial charge in [-0.25, -0.2) is 0 Å². The molecule has 0 unspecified atom stereocenters. The summed E-state index contributed by atoms with van der Waals surface area (Å²) < 4.78 is 14.7. The van der Waals surface area contributed by atoms with E-state index in [0.29, 0.717) is 0 Å². The van der Waals surface area contributed by atoms with Gasteiger partial charge in [0.05, 0.1) is 13.7 Å². The lowest BCUT2D eigenvalue weighted by Crippen LogP contribution is -2.01. The molecule has 22 heavy (non-hydrogen) atoms. The molecule has 4 nitrogen and oxygen atoms in total. The molecule has 0 aliphatic heterocycles. The Balaban J connectivity index is 1.91. The van der Waals surface area contributed by atoms with Crippen LogP contribution in [0.1, 0.15) is 12.8 Å². The molecule has 0 atom stereocenters. The van der Waals surface area contributed by atoms with Crippen LogP contribution in [0.25, 0.3) is 11.1 Å². The summed E-state index contributed by atoms with van der Waals surface area (Å²) in [6.45, 7) is 0.783. The summed E-state index contributed by atoms with van der Waals surface area (Å²) in [5.74, 6) is 2.39. The molecule has 0 radical (unpaired) electrons. The summed E-state index contributed by atoms with van der Waals surface area (Å²) in [5.41, 5.74) is 2.97. The van der Waals surface area contributed by atoms with Crippen molar-refractivity contribution < 1.29 is 9.47 Å². The largest absolute Gasteiger partial charge is 0.496 e. The summed E-state index contributed by atoms with van der Waals surface area (Å²) in [5, 5.41) is 0. The Labute approximate surface area is 135 Å². The van der Waals surface area contributed by atoms with Crippen LogP contribution >= 0.6 is 11.9 Å². The third-order valence-electron chi connectivity index (χ3n) is 3.66. The second-order valence-electron chi connectivity index (χ2n) is 5.35. The number of aromatic nitrogens is 1. The zero-order chi connectivity index (χ0) is 15.4. The third-order valence-corrected chi connectivity index (χ3v) is 4.10. The van der Waals surface area contributed by atoms with Crippen LogP contribution in [0.3, 0.4) is 0 Å². The molecule has 5 heteroatoms. The first-order chi connectivity index (χ1) is 10.8. The van der Waals surface area contributed by atoms with E-state index in [2.05, 4.69) is 9.71 Å². The standard InChI is InChI=1S/C17H20N2O2S/c1-20-17-9-13(19-22-2)5-6-14(17)15-10-18-8-7-16(15)21-11-12-3-4-12/h5-10,12,19H,3-4,11H2,1-2H3. The van der Waals surface area contributed by atoms with Crippen molar-refractivity contribution in [1.29, 1.82) is 0 Å². The van der Waals surface area contributed by atoms with Crippen LogP contribution in [0.4, 0.5) is 5.69 Å². The highest BCUT2D eigenvalue weighted by molar-refractivity contribution is 7.99. The number of methoxy groups -OCH3 is 1. The van der Waals surface area contributed by atoms with E-state index in [-0.39, 0.29) is 0 Å². The molecule has 1 heterocycles. The molecule has 116 valence electrons. The Hall–Kier alpha value is -1.88. The average Bonchev–Trinajstić information content (AvgIpc) is 3.38. The lowest BCUT2D eigenvalue weighted by molar-refractivity contribution is 0.300. The highest BCUT2D eigenvalue weighted by atomic mass is 32.2. The molecular weight excluding hydrogens is 296 g/mol. The Morgan fingerprint density at radius 3 is 2.82 bits per heavy atom. The van der Waals surface area contributed by atoms with Gasteiger partial charge in [-0.3, -0.25) is 4.98 Å². The van der Waals surface area contributed by atoms with Crippen molar-refractivity contribution in [1.82, 2.24) is 4.98 Å². The number of nitrogens with zero attached hydrogens (tertiary/aromatic N) is 1. The van der Waals surface area contributed by atoms with Crippen molar-refractivity contribution in [3.8, 4) is 22.6 Å². The van der Waals surface area contributed by atoms with Gasteiger partial charge in [-0.1, -0.05) is 11.9 Å². The molecule has 1 N–H and O–H groups in total. The zero-order valence-corrected chi connectivity index (χ0v) is 13.7. The Bertz CT molecular complexity index is 644. The Kier molecular flexibility index (Phi) is 4.73. The van der Waals surface area contributed by atoms with Gasteiger partial charge in [0.25, 0.3) is 0 Å². The second-order valence-corrected chi connectivity index (χ2v) is 5.96. The lowest BCUT2D eigenvalue weighted by atomic mass is 10.1. The molecule has 1 aliphatic rings. The van der Waals surface area contributed by atoms with Crippen LogP contribution in [-0.2, 0) is 0 Å². The molecule has 1 saturated carbocycles. The minimum Gasteiger partial charge on any atom is -0.496 e. The molecule has 1 aliphatic carbocycles. The van der Waals surface area contributed by atoms with Gasteiger partial charge in [0, 0.05) is 41.5 Å². The number of hydrogen-bond donors (Lipinski definition) is 1. The monoisotopic (exact) mass is 316 g/mol. The van der Waals surface area contributed by atoms with Crippen LogP contribution in [0.2, 0.25) is 0 Å². The number of anilines is 1. The SMILES string of the molecule is COc1cc(NSC)ccc1-c1cnccc1OCC1CC1. The van der Waals surface area contributed by atoms with Gasteiger partial charge in [-0.05, 0) is 37.0 Å². The molecule has 0 amide bonds. The van der Waals surface area contributed by atoms with Gasteiger partial charge in [0.2, 0.25) is 0 Å². The molecule has 0 saturated heterocycles. The highest BCUT2D eigenvalue weighted by Gasteiger charge is 2.22. The molecule has 0 bridgehead atoms. The van der Waals surface area contributed by atoms with E-state index in [1.807, 2.05) is 36.7 Å². The van der Waals surface area contributed by atoms with E-state index in [1.54, 1.807) is 25.3 Å². The lowest BCUT2D eigenvalue weighted by Gasteiger charge is -2.14. The zero-order valence-electron chi connectivity index (χ0n) is 12.8. The number of hydrogen-bond acceptors (Lipinski definition) is 5. The molecule has 3 rings (SSSR count). The topological polar surface area (TPSA) is 43.4 Å². The van der Waals surface area contributed by atoms with Gasteiger partial charge < -0.3 is 14.2 Å². The van der Waals surface area contributed by atoms with Crippen molar-refractivity contribution in [2.45, 2.75) is 12.8 Å². The predicted octanol–water partition coefficient (Wildman–Crippen LogP) is 4.24. The van der Waals surface area contributed by atoms with E-state index >= 15 is 0 Å². The normalized spacial score (nSPS) is 13.7. The number of pyridine rings is 1. The minimum atomic E-state index is 0.719. The predicted molar refractivity (Wildman–Crippen MR) is 91.6 cm³/mol. The maximum absolute atomic E-state index is 5.98. The fourth-order valence-electron chi connectivity index (χ4n) is 2.30. The first-order valence-corrected chi connectivity index (χ1v) is 8.58. The van der Waals surface area contributed by atoms with Gasteiger partial charge in [0.1, 0.15) is 11.5 Å². The van der Waals surface area contributed by atoms with Crippen LogP contribution < -0.4 is 14.2 Å². The first-order valence-electron chi connectivity index (χ1n) is 7.36. The fourth-order valence-corrected chi connectivity index (χ4v) is 2.66. The molecule has 2 aromatic rings. The summed E-state index contributed by atoms with van der Waals surface area (Å²) >= 11 is 1.55. The smallest absolute Gasteiger partial charge is 0.130 e. The maximum atomic E-state index is 5.98. The van der Waals surface area contributed by atoms with Crippen molar-refractivity contribution in [3.63, 3.8) is 0 Å². The van der Waals surface area contributed by atoms with E-state index in [9.17, 15) is 0 Å². The van der Waals surface area contributed by atoms with E-state index in [0.717, 1.165) is 40.8 Å². The maximum Gasteiger partial charge on any atom is 0.130 e. The van der Waals surface area contributed by atoms with Crippen molar-refractivity contribution >= 4 is 17.6 Å². The van der Waals surface area contributed by atoms with Crippen LogP contribution in [0, 0.1) is 5.92 Å². The van der Waals surface area contributed by atoms with Crippen molar-refractivity contribution in [2.75, 3.05) is 24.7 Å². The van der Waals surface area contributed by atoms with Crippen LogP contribution in [0.5, 0.6) is 11.5 Å². The molecule has 1 aromatic carbocycles. The van der Waals surface area contributed by atoms with Gasteiger partial charge in [-0.2, -0.15) is 0 Å². The van der Waals surface area contributed by atoms with Gasteiger partial charge in [0.15, 0.2) is 0 Å². The summed E-state index contributed by atoms with van der Waals surface area (Å²) in [4.78, 5) is 4.24. The Morgan fingerprint density at radius 2 is 2.09 bits per heavy atom. The van der Waals surface area contributed by atoms with E-state index in [1.165, 1.54) is 12.8 Å². The molecule has 1 aromatic heterocycles. The fraction of sp³-hybridized carbons (Fsp3) is 0.353. The average molecular weight is 316 g/mol. The van der Waals surface area contributed by atoms with Crippen LogP contribution in [0.15, 0.2) is 36.7 Å². The molecule has 1 fully saturated rings. The Morgan fingerprint density at radius 1 is 1.23 bits per heavy atom. The van der Waals surface area contributed by atoms with Crippen molar-refractivity contribution in [2.24, 2.45) is 5.92 Å².